The van der Waals surface area contributed by atoms with Crippen LogP contribution in [0.25, 0.3) is 0 Å². The summed E-state index contributed by atoms with van der Waals surface area (Å²) in [6, 6.07) is 0. The molecule has 2 heterocycles. The van der Waals surface area contributed by atoms with E-state index < -0.39 is 0 Å². The highest BCUT2D eigenvalue weighted by atomic mass is 16.5. The van der Waals surface area contributed by atoms with E-state index in [1.807, 2.05) is 0 Å². The van der Waals surface area contributed by atoms with E-state index >= 15 is 0 Å². The van der Waals surface area contributed by atoms with Crippen LogP contribution in [0.3, 0.4) is 0 Å². The molecule has 1 N–H and O–H groups in total. The highest BCUT2D eigenvalue weighted by molar-refractivity contribution is 4.88. The van der Waals surface area contributed by atoms with Gasteiger partial charge in [-0.15, -0.1) is 0 Å². The van der Waals surface area contributed by atoms with Crippen LogP contribution in [0.4, 0.5) is 0 Å². The number of hydrogen-bond acceptors (Lipinski definition) is 4. The van der Waals surface area contributed by atoms with E-state index in [-0.39, 0.29) is 0 Å². The number of nitrogens with zero attached hydrogens (tertiary/aromatic N) is 2. The average Bonchev–Trinajstić information content (AvgIpc) is 2.32. The quantitative estimate of drug-likeness (QED) is 0.774. The molecule has 0 aromatic heterocycles. The normalized spacial score (nSPS) is 31.6. The van der Waals surface area contributed by atoms with Gasteiger partial charge >= 0.3 is 0 Å². The van der Waals surface area contributed by atoms with Crippen molar-refractivity contribution in [2.24, 2.45) is 0 Å². The van der Waals surface area contributed by atoms with E-state index in [1.165, 1.54) is 26.2 Å². The lowest BCUT2D eigenvalue weighted by Crippen LogP contribution is -2.58. The number of likely N-dealkylation sites (N-methyl/N-ethyl adjacent to an activating group) is 1. The molecule has 2 rings (SSSR count). The molecule has 0 saturated carbocycles. The Labute approximate surface area is 105 Å². The fourth-order valence-corrected chi connectivity index (χ4v) is 2.66. The van der Waals surface area contributed by atoms with Crippen molar-refractivity contribution in [2.45, 2.75) is 31.9 Å². The zero-order chi connectivity index (χ0) is 12.3. The van der Waals surface area contributed by atoms with Gasteiger partial charge in [-0.05, 0) is 27.3 Å². The molecule has 0 spiro atoms. The highest BCUT2D eigenvalue weighted by Crippen LogP contribution is 2.19. The van der Waals surface area contributed by atoms with Crippen molar-refractivity contribution in [3.8, 4) is 0 Å². The van der Waals surface area contributed by atoms with Gasteiger partial charge < -0.3 is 15.0 Å². The number of rotatable bonds is 3. The van der Waals surface area contributed by atoms with Crippen molar-refractivity contribution >= 4 is 0 Å². The van der Waals surface area contributed by atoms with Crippen LogP contribution in [-0.4, -0.2) is 74.4 Å². The molecule has 0 aromatic rings. The van der Waals surface area contributed by atoms with Crippen LogP contribution in [0, 0.1) is 0 Å². The first kappa shape index (κ1) is 13.3. The molecule has 0 bridgehead atoms. The lowest BCUT2D eigenvalue weighted by Gasteiger charge is -2.45. The third-order valence-corrected chi connectivity index (χ3v) is 4.17. The van der Waals surface area contributed by atoms with Crippen LogP contribution in [0.1, 0.15) is 20.3 Å². The first-order valence-corrected chi connectivity index (χ1v) is 6.84. The van der Waals surface area contributed by atoms with Gasteiger partial charge in [-0.1, -0.05) is 0 Å². The molecular formula is C13H27N3O. The molecule has 2 fully saturated rings. The largest absolute Gasteiger partial charge is 0.376 e. The topological polar surface area (TPSA) is 27.7 Å². The summed E-state index contributed by atoms with van der Waals surface area (Å²) in [5, 5.41) is 3.39. The van der Waals surface area contributed by atoms with Gasteiger partial charge in [0.1, 0.15) is 0 Å². The molecule has 1 unspecified atom stereocenters. The predicted molar refractivity (Wildman–Crippen MR) is 70.4 cm³/mol. The van der Waals surface area contributed by atoms with Gasteiger partial charge in [0.25, 0.3) is 0 Å². The van der Waals surface area contributed by atoms with Gasteiger partial charge in [0.15, 0.2) is 0 Å². The van der Waals surface area contributed by atoms with Crippen molar-refractivity contribution in [1.82, 2.24) is 15.1 Å². The molecule has 2 saturated heterocycles. The molecule has 17 heavy (non-hydrogen) atoms. The average molecular weight is 241 g/mol. The SMILES string of the molecule is CN1CCN(CCC2CNCCO2)CC1(C)C. The summed E-state index contributed by atoms with van der Waals surface area (Å²) < 4.78 is 5.74. The molecule has 0 amide bonds. The van der Waals surface area contributed by atoms with Crippen LogP contribution < -0.4 is 5.32 Å². The Morgan fingerprint density at radius 3 is 2.82 bits per heavy atom. The van der Waals surface area contributed by atoms with Crippen LogP contribution in [0.5, 0.6) is 0 Å². The first-order chi connectivity index (χ1) is 8.08. The van der Waals surface area contributed by atoms with Gasteiger partial charge in [0.2, 0.25) is 0 Å². The summed E-state index contributed by atoms with van der Waals surface area (Å²) in [6.07, 6.45) is 1.58. The molecular weight excluding hydrogens is 214 g/mol. The Morgan fingerprint density at radius 1 is 1.35 bits per heavy atom. The predicted octanol–water partition coefficient (Wildman–Crippen LogP) is 0.391. The molecule has 0 aliphatic carbocycles. The summed E-state index contributed by atoms with van der Waals surface area (Å²) in [5.41, 5.74) is 0.309. The summed E-state index contributed by atoms with van der Waals surface area (Å²) in [6.45, 7) is 12.3. The maximum absolute atomic E-state index is 5.74. The molecule has 4 heteroatoms. The standard InChI is InChI=1S/C13H27N3O/c1-13(2)11-16(8-7-15(13)3)6-4-12-10-14-5-9-17-12/h12,14H,4-11H2,1-3H3. The van der Waals surface area contributed by atoms with E-state index in [9.17, 15) is 0 Å². The Hall–Kier alpha value is -0.160. The van der Waals surface area contributed by atoms with Crippen molar-refractivity contribution < 1.29 is 4.74 Å². The minimum atomic E-state index is 0.309. The maximum atomic E-state index is 5.74. The van der Waals surface area contributed by atoms with E-state index in [0.29, 0.717) is 11.6 Å². The summed E-state index contributed by atoms with van der Waals surface area (Å²) in [7, 11) is 2.23. The second kappa shape index (κ2) is 5.65. The minimum absolute atomic E-state index is 0.309. The van der Waals surface area contributed by atoms with Gasteiger partial charge in [0, 0.05) is 44.8 Å². The van der Waals surface area contributed by atoms with Gasteiger partial charge in [-0.2, -0.15) is 0 Å². The maximum Gasteiger partial charge on any atom is 0.0712 e. The van der Waals surface area contributed by atoms with Crippen LogP contribution in [0.2, 0.25) is 0 Å². The van der Waals surface area contributed by atoms with E-state index in [0.717, 1.165) is 26.1 Å². The van der Waals surface area contributed by atoms with Crippen molar-refractivity contribution in [1.29, 1.82) is 0 Å². The molecule has 4 nitrogen and oxygen atoms in total. The smallest absolute Gasteiger partial charge is 0.0712 e. The number of ether oxygens (including phenoxy) is 1. The van der Waals surface area contributed by atoms with Gasteiger partial charge in [0.05, 0.1) is 12.7 Å². The van der Waals surface area contributed by atoms with E-state index in [4.69, 9.17) is 4.74 Å². The second-order valence-corrected chi connectivity index (χ2v) is 6.00. The Kier molecular flexibility index (Phi) is 4.42. The molecule has 2 aliphatic rings. The monoisotopic (exact) mass is 241 g/mol. The van der Waals surface area contributed by atoms with Crippen LogP contribution in [0.15, 0.2) is 0 Å². The third kappa shape index (κ3) is 3.65. The number of morpholine rings is 1. The van der Waals surface area contributed by atoms with Gasteiger partial charge in [-0.3, -0.25) is 4.90 Å². The van der Waals surface area contributed by atoms with E-state index in [1.54, 1.807) is 0 Å². The number of hydrogen-bond donors (Lipinski definition) is 1. The first-order valence-electron chi connectivity index (χ1n) is 6.84. The van der Waals surface area contributed by atoms with Crippen LogP contribution >= 0.6 is 0 Å². The third-order valence-electron chi connectivity index (χ3n) is 4.17. The zero-order valence-corrected chi connectivity index (χ0v) is 11.5. The Bertz CT molecular complexity index is 239. The lowest BCUT2D eigenvalue weighted by atomic mass is 9.99. The Morgan fingerprint density at radius 2 is 2.18 bits per heavy atom. The second-order valence-electron chi connectivity index (χ2n) is 6.00. The molecule has 2 aliphatic heterocycles. The highest BCUT2D eigenvalue weighted by Gasteiger charge is 2.31. The number of piperazine rings is 1. The summed E-state index contributed by atoms with van der Waals surface area (Å²) >= 11 is 0. The van der Waals surface area contributed by atoms with E-state index in [2.05, 4.69) is 36.0 Å². The number of nitrogens with one attached hydrogen (secondary N) is 1. The molecule has 100 valence electrons. The molecule has 0 radical (unpaired) electrons. The molecule has 0 aromatic carbocycles. The summed E-state index contributed by atoms with van der Waals surface area (Å²) in [4.78, 5) is 5.04. The lowest BCUT2D eigenvalue weighted by molar-refractivity contribution is 0.000680. The zero-order valence-electron chi connectivity index (χ0n) is 11.5. The van der Waals surface area contributed by atoms with Crippen molar-refractivity contribution in [3.05, 3.63) is 0 Å². The molecule has 1 atom stereocenters. The fourth-order valence-electron chi connectivity index (χ4n) is 2.66. The van der Waals surface area contributed by atoms with Crippen molar-refractivity contribution in [3.63, 3.8) is 0 Å². The van der Waals surface area contributed by atoms with Gasteiger partial charge in [-0.25, -0.2) is 0 Å². The Balaban J connectivity index is 1.72. The fraction of sp³-hybridized carbons (Fsp3) is 1.00. The van der Waals surface area contributed by atoms with Crippen molar-refractivity contribution in [2.75, 3.05) is 52.9 Å². The van der Waals surface area contributed by atoms with Crippen LogP contribution in [-0.2, 0) is 4.74 Å². The minimum Gasteiger partial charge on any atom is -0.376 e. The summed E-state index contributed by atoms with van der Waals surface area (Å²) in [5.74, 6) is 0.